The number of carbonyl (C=O) groups is 2. The molecule has 2 fully saturated rings. The van der Waals surface area contributed by atoms with Crippen LogP contribution in [0.1, 0.15) is 69.0 Å². The van der Waals surface area contributed by atoms with Crippen molar-refractivity contribution < 1.29 is 19.1 Å². The highest BCUT2D eigenvalue weighted by molar-refractivity contribution is 6.30. The zero-order valence-electron chi connectivity index (χ0n) is 21.4. The summed E-state index contributed by atoms with van der Waals surface area (Å²) < 4.78 is 11.4. The lowest BCUT2D eigenvalue weighted by Gasteiger charge is -2.43. The molecule has 2 aromatic rings. The first-order chi connectivity index (χ1) is 17.5. The molecule has 1 aliphatic heterocycles. The van der Waals surface area contributed by atoms with E-state index in [1.54, 1.807) is 12.0 Å². The molecule has 0 aromatic heterocycles. The quantitative estimate of drug-likeness (QED) is 0.397. The van der Waals surface area contributed by atoms with Gasteiger partial charge in [-0.3, -0.25) is 9.59 Å². The van der Waals surface area contributed by atoms with E-state index in [-0.39, 0.29) is 24.4 Å². The van der Waals surface area contributed by atoms with Crippen molar-refractivity contribution in [3.63, 3.8) is 0 Å². The summed E-state index contributed by atoms with van der Waals surface area (Å²) in [4.78, 5) is 31.2. The van der Waals surface area contributed by atoms with E-state index in [2.05, 4.69) is 0 Å². The molecular formula is C29H37ClN2O4. The third-order valence-electron chi connectivity index (χ3n) is 7.24. The van der Waals surface area contributed by atoms with E-state index in [0.29, 0.717) is 36.1 Å². The van der Waals surface area contributed by atoms with Crippen molar-refractivity contribution in [1.82, 2.24) is 9.80 Å². The zero-order chi connectivity index (χ0) is 25.5. The molecule has 1 heterocycles. The zero-order valence-corrected chi connectivity index (χ0v) is 22.1. The normalized spacial score (nSPS) is 19.4. The number of hydrogen-bond donors (Lipinski definition) is 0. The molecule has 2 aromatic carbocycles. The highest BCUT2D eigenvalue weighted by atomic mass is 35.5. The Morgan fingerprint density at radius 3 is 2.36 bits per heavy atom. The van der Waals surface area contributed by atoms with Crippen molar-refractivity contribution in [2.75, 3.05) is 26.8 Å². The fourth-order valence-electron chi connectivity index (χ4n) is 5.29. The van der Waals surface area contributed by atoms with Gasteiger partial charge in [-0.15, -0.1) is 0 Å². The Bertz CT molecular complexity index is 1030. The summed E-state index contributed by atoms with van der Waals surface area (Å²) in [5, 5.41) is 0.678. The van der Waals surface area contributed by atoms with Crippen molar-refractivity contribution in [1.29, 1.82) is 0 Å². The molecule has 1 atom stereocenters. The molecule has 6 nitrogen and oxygen atoms in total. The Kier molecular flexibility index (Phi) is 9.13. The second kappa shape index (κ2) is 12.5. The van der Waals surface area contributed by atoms with Gasteiger partial charge in [-0.1, -0.05) is 62.4 Å². The standard InChI is InChI=1S/C29H37ClN2O4/c1-3-18-36-25-15-12-22(19-26(25)35-2)28-29(34)32(24-8-6-4-5-7-9-24)20-27(33)31(28)17-16-21-10-13-23(30)14-11-21/h10-15,19,24,28H,3-9,16-18,20H2,1-2H3/t28-/m1/s1. The number of rotatable bonds is 9. The molecule has 194 valence electrons. The molecule has 0 N–H and O–H groups in total. The van der Waals surface area contributed by atoms with Gasteiger partial charge in [-0.05, 0) is 61.1 Å². The summed E-state index contributed by atoms with van der Waals surface area (Å²) >= 11 is 6.04. The molecule has 36 heavy (non-hydrogen) atoms. The summed E-state index contributed by atoms with van der Waals surface area (Å²) in [6.07, 6.45) is 8.04. The summed E-state index contributed by atoms with van der Waals surface area (Å²) in [5.74, 6) is 1.21. The van der Waals surface area contributed by atoms with Gasteiger partial charge in [0, 0.05) is 17.6 Å². The van der Waals surface area contributed by atoms with Gasteiger partial charge in [-0.2, -0.15) is 0 Å². The highest BCUT2D eigenvalue weighted by Gasteiger charge is 2.42. The van der Waals surface area contributed by atoms with Gasteiger partial charge in [0.1, 0.15) is 12.6 Å². The largest absolute Gasteiger partial charge is 0.493 e. The van der Waals surface area contributed by atoms with Crippen LogP contribution in [0.3, 0.4) is 0 Å². The van der Waals surface area contributed by atoms with E-state index in [0.717, 1.165) is 43.2 Å². The van der Waals surface area contributed by atoms with Crippen molar-refractivity contribution >= 4 is 23.4 Å². The molecule has 1 saturated carbocycles. The molecular weight excluding hydrogens is 476 g/mol. The van der Waals surface area contributed by atoms with Crippen molar-refractivity contribution in [2.45, 2.75) is 70.4 Å². The van der Waals surface area contributed by atoms with Crippen LogP contribution in [0, 0.1) is 0 Å². The van der Waals surface area contributed by atoms with Gasteiger partial charge in [0.2, 0.25) is 5.91 Å². The number of halogens is 1. The van der Waals surface area contributed by atoms with Gasteiger partial charge < -0.3 is 19.3 Å². The average molecular weight is 513 g/mol. The third-order valence-corrected chi connectivity index (χ3v) is 7.49. The van der Waals surface area contributed by atoms with Gasteiger partial charge in [0.05, 0.1) is 13.7 Å². The number of nitrogens with zero attached hydrogens (tertiary/aromatic N) is 2. The Morgan fingerprint density at radius 1 is 0.972 bits per heavy atom. The predicted molar refractivity (Wildman–Crippen MR) is 142 cm³/mol. The molecule has 0 bridgehead atoms. The lowest BCUT2D eigenvalue weighted by Crippen LogP contribution is -2.58. The van der Waals surface area contributed by atoms with E-state index >= 15 is 0 Å². The molecule has 2 aliphatic rings. The number of amides is 2. The van der Waals surface area contributed by atoms with Crippen LogP contribution in [0.5, 0.6) is 11.5 Å². The lowest BCUT2D eigenvalue weighted by molar-refractivity contribution is -0.158. The Labute approximate surface area is 219 Å². The molecule has 1 aliphatic carbocycles. The maximum absolute atomic E-state index is 14.0. The van der Waals surface area contributed by atoms with Crippen LogP contribution in [0.4, 0.5) is 0 Å². The van der Waals surface area contributed by atoms with Crippen molar-refractivity contribution in [2.24, 2.45) is 0 Å². The van der Waals surface area contributed by atoms with Crippen molar-refractivity contribution in [3.05, 3.63) is 58.6 Å². The Balaban J connectivity index is 1.64. The van der Waals surface area contributed by atoms with Crippen LogP contribution >= 0.6 is 11.6 Å². The van der Waals surface area contributed by atoms with E-state index in [4.69, 9.17) is 21.1 Å². The molecule has 2 amide bonds. The fourth-order valence-corrected chi connectivity index (χ4v) is 5.42. The minimum Gasteiger partial charge on any atom is -0.493 e. The van der Waals surface area contributed by atoms with Crippen LogP contribution in [0.2, 0.25) is 5.02 Å². The maximum atomic E-state index is 14.0. The lowest BCUT2D eigenvalue weighted by atomic mass is 9.96. The molecule has 7 heteroatoms. The summed E-state index contributed by atoms with van der Waals surface area (Å²) in [7, 11) is 1.60. The summed E-state index contributed by atoms with van der Waals surface area (Å²) in [5.41, 5.74) is 1.83. The second-order valence-electron chi connectivity index (χ2n) is 9.74. The third kappa shape index (κ3) is 6.15. The smallest absolute Gasteiger partial charge is 0.250 e. The highest BCUT2D eigenvalue weighted by Crippen LogP contribution is 2.36. The van der Waals surface area contributed by atoms with Crippen LogP contribution in [0.25, 0.3) is 0 Å². The van der Waals surface area contributed by atoms with Crippen LogP contribution in [-0.4, -0.2) is 54.5 Å². The minimum absolute atomic E-state index is 0.00175. The van der Waals surface area contributed by atoms with Gasteiger partial charge in [0.15, 0.2) is 11.5 Å². The van der Waals surface area contributed by atoms with E-state index in [1.165, 1.54) is 12.8 Å². The SMILES string of the molecule is CCCOc1ccc([C@@H]2C(=O)N(C3CCCCCC3)CC(=O)N2CCc2ccc(Cl)cc2)cc1OC. The first-order valence-corrected chi connectivity index (χ1v) is 13.5. The number of ether oxygens (including phenoxy) is 2. The second-order valence-corrected chi connectivity index (χ2v) is 10.2. The number of methoxy groups -OCH3 is 1. The molecule has 1 saturated heterocycles. The Morgan fingerprint density at radius 2 is 1.69 bits per heavy atom. The topological polar surface area (TPSA) is 59.1 Å². The van der Waals surface area contributed by atoms with Crippen LogP contribution in [-0.2, 0) is 16.0 Å². The maximum Gasteiger partial charge on any atom is 0.250 e. The van der Waals surface area contributed by atoms with Gasteiger partial charge >= 0.3 is 0 Å². The molecule has 0 spiro atoms. The monoisotopic (exact) mass is 512 g/mol. The minimum atomic E-state index is -0.684. The molecule has 0 radical (unpaired) electrons. The van der Waals surface area contributed by atoms with E-state index < -0.39 is 6.04 Å². The summed E-state index contributed by atoms with van der Waals surface area (Å²) in [6, 6.07) is 12.7. The average Bonchev–Trinajstić information content (AvgIpc) is 3.18. The summed E-state index contributed by atoms with van der Waals surface area (Å²) in [6.45, 7) is 3.23. The number of benzene rings is 2. The van der Waals surface area contributed by atoms with Crippen LogP contribution in [0.15, 0.2) is 42.5 Å². The first kappa shape index (κ1) is 26.3. The van der Waals surface area contributed by atoms with Crippen LogP contribution < -0.4 is 9.47 Å². The van der Waals surface area contributed by atoms with Gasteiger partial charge in [0.25, 0.3) is 5.91 Å². The fraction of sp³-hybridized carbons (Fsp3) is 0.517. The molecule has 0 unspecified atom stereocenters. The van der Waals surface area contributed by atoms with Crippen molar-refractivity contribution in [3.8, 4) is 11.5 Å². The number of hydrogen-bond acceptors (Lipinski definition) is 4. The van der Waals surface area contributed by atoms with Gasteiger partial charge in [-0.25, -0.2) is 0 Å². The predicted octanol–water partition coefficient (Wildman–Crippen LogP) is 5.81. The number of carbonyl (C=O) groups excluding carboxylic acids is 2. The first-order valence-electron chi connectivity index (χ1n) is 13.2. The number of piperazine rings is 1. The molecule has 4 rings (SSSR count). The Hall–Kier alpha value is -2.73. The van der Waals surface area contributed by atoms with E-state index in [1.807, 2.05) is 54.3 Å². The van der Waals surface area contributed by atoms with E-state index in [9.17, 15) is 9.59 Å².